The van der Waals surface area contributed by atoms with Crippen LogP contribution in [0.2, 0.25) is 0 Å². The van der Waals surface area contributed by atoms with Crippen molar-refractivity contribution in [2.45, 2.75) is 12.2 Å². The van der Waals surface area contributed by atoms with Gasteiger partial charge in [0, 0.05) is 28.5 Å². The number of hydrogen-bond acceptors (Lipinski definition) is 6. The minimum Gasteiger partial charge on any atom is -0.493 e. The van der Waals surface area contributed by atoms with Crippen LogP contribution in [-0.2, 0) is 17.0 Å². The molecule has 0 saturated heterocycles. The molecule has 0 radical (unpaired) electrons. The first-order valence-electron chi connectivity index (χ1n) is 7.95. The van der Waals surface area contributed by atoms with Crippen molar-refractivity contribution >= 4 is 44.9 Å². The van der Waals surface area contributed by atoms with Gasteiger partial charge in [0.1, 0.15) is 0 Å². The number of rotatable bonds is 10. The smallest absolute Gasteiger partial charge is 0.224 e. The number of benzene rings is 1. The molecule has 1 amide bonds. The van der Waals surface area contributed by atoms with Crippen LogP contribution in [0, 0.1) is 0 Å². The number of nitrogens with one attached hydrogen (secondary N) is 1. The molecule has 1 aromatic heterocycles. The SMILES string of the molecule is COc1ccc(CC(=O)NCCSCc2ccc(Br)s2)c(OC)c1OC. The molecule has 26 heavy (non-hydrogen) atoms. The van der Waals surface area contributed by atoms with E-state index in [1.54, 1.807) is 50.5 Å². The summed E-state index contributed by atoms with van der Waals surface area (Å²) in [5, 5.41) is 2.95. The third-order valence-corrected chi connectivity index (χ3v) is 6.39. The van der Waals surface area contributed by atoms with E-state index in [-0.39, 0.29) is 12.3 Å². The molecule has 1 N–H and O–H groups in total. The molecule has 0 aliphatic rings. The molecular weight excluding hydrogens is 438 g/mol. The molecule has 5 nitrogen and oxygen atoms in total. The van der Waals surface area contributed by atoms with Crippen LogP contribution in [0.3, 0.4) is 0 Å². The summed E-state index contributed by atoms with van der Waals surface area (Å²) in [5.41, 5.74) is 0.763. The first-order valence-corrected chi connectivity index (χ1v) is 10.7. The molecule has 142 valence electrons. The maximum atomic E-state index is 12.2. The Morgan fingerprint density at radius 1 is 1.12 bits per heavy atom. The monoisotopic (exact) mass is 459 g/mol. The van der Waals surface area contributed by atoms with Gasteiger partial charge in [-0.3, -0.25) is 4.79 Å². The van der Waals surface area contributed by atoms with Gasteiger partial charge >= 0.3 is 0 Å². The van der Waals surface area contributed by atoms with E-state index in [1.807, 2.05) is 6.07 Å². The van der Waals surface area contributed by atoms with E-state index in [2.05, 4.69) is 33.4 Å². The molecule has 0 aliphatic carbocycles. The summed E-state index contributed by atoms with van der Waals surface area (Å²) in [5.74, 6) is 3.37. The second kappa shape index (κ2) is 10.7. The predicted molar refractivity (Wildman–Crippen MR) is 111 cm³/mol. The van der Waals surface area contributed by atoms with Gasteiger partial charge in [0.15, 0.2) is 11.5 Å². The van der Waals surface area contributed by atoms with Gasteiger partial charge in [-0.1, -0.05) is 6.07 Å². The first-order chi connectivity index (χ1) is 12.6. The summed E-state index contributed by atoms with van der Waals surface area (Å²) in [6, 6.07) is 7.77. The Labute approximate surface area is 170 Å². The zero-order chi connectivity index (χ0) is 18.9. The van der Waals surface area contributed by atoms with E-state index in [1.165, 1.54) is 4.88 Å². The summed E-state index contributed by atoms with van der Waals surface area (Å²) in [4.78, 5) is 13.5. The number of amides is 1. The summed E-state index contributed by atoms with van der Waals surface area (Å²) in [6.45, 7) is 0.631. The molecule has 2 rings (SSSR count). The lowest BCUT2D eigenvalue weighted by molar-refractivity contribution is -0.120. The molecule has 1 aromatic carbocycles. The van der Waals surface area contributed by atoms with Gasteiger partial charge in [0.2, 0.25) is 11.7 Å². The largest absolute Gasteiger partial charge is 0.493 e. The number of hydrogen-bond donors (Lipinski definition) is 1. The summed E-state index contributed by atoms with van der Waals surface area (Å²) < 4.78 is 17.2. The van der Waals surface area contributed by atoms with E-state index in [4.69, 9.17) is 14.2 Å². The predicted octanol–water partition coefficient (Wildman–Crippen LogP) is 4.13. The molecule has 0 atom stereocenters. The van der Waals surface area contributed by atoms with Crippen molar-refractivity contribution in [3.05, 3.63) is 38.5 Å². The number of thiophene rings is 1. The van der Waals surface area contributed by atoms with Gasteiger partial charge in [-0.2, -0.15) is 11.8 Å². The molecule has 2 aromatic rings. The standard InChI is InChI=1S/C18H22BrNO4S2/c1-22-14-6-4-12(17(23-2)18(14)24-3)10-16(21)20-8-9-25-11-13-5-7-15(19)26-13/h4-7H,8-11H2,1-3H3,(H,20,21). The molecular formula is C18H22BrNO4S2. The second-order valence-corrected chi connectivity index (χ2v) is 8.93. The zero-order valence-corrected chi connectivity index (χ0v) is 18.2. The quantitative estimate of drug-likeness (QED) is 0.541. The van der Waals surface area contributed by atoms with Crippen molar-refractivity contribution < 1.29 is 19.0 Å². The lowest BCUT2D eigenvalue weighted by Crippen LogP contribution is -2.27. The molecule has 0 aliphatic heterocycles. The third kappa shape index (κ3) is 5.82. The Kier molecular flexibility index (Phi) is 8.61. The van der Waals surface area contributed by atoms with E-state index >= 15 is 0 Å². The molecule has 0 spiro atoms. The highest BCUT2D eigenvalue weighted by atomic mass is 79.9. The van der Waals surface area contributed by atoms with Crippen LogP contribution in [0.5, 0.6) is 17.2 Å². The Bertz CT molecular complexity index is 736. The van der Waals surface area contributed by atoms with Crippen LogP contribution >= 0.6 is 39.0 Å². The lowest BCUT2D eigenvalue weighted by Gasteiger charge is -2.15. The molecule has 0 unspecified atom stereocenters. The highest BCUT2D eigenvalue weighted by Gasteiger charge is 2.17. The van der Waals surface area contributed by atoms with Gasteiger partial charge in [0.25, 0.3) is 0 Å². The summed E-state index contributed by atoms with van der Waals surface area (Å²) in [7, 11) is 4.67. The van der Waals surface area contributed by atoms with Crippen molar-refractivity contribution in [1.82, 2.24) is 5.32 Å². The lowest BCUT2D eigenvalue weighted by atomic mass is 10.1. The first kappa shape index (κ1) is 20.9. The number of carbonyl (C=O) groups excluding carboxylic acids is 1. The maximum absolute atomic E-state index is 12.2. The van der Waals surface area contributed by atoms with Crippen molar-refractivity contribution in [1.29, 1.82) is 0 Å². The average molecular weight is 460 g/mol. The highest BCUT2D eigenvalue weighted by molar-refractivity contribution is 9.11. The number of ether oxygens (including phenoxy) is 3. The molecule has 1 heterocycles. The molecule has 0 fully saturated rings. The fourth-order valence-electron chi connectivity index (χ4n) is 2.40. The zero-order valence-electron chi connectivity index (χ0n) is 15.0. The highest BCUT2D eigenvalue weighted by Crippen LogP contribution is 2.39. The van der Waals surface area contributed by atoms with E-state index in [0.29, 0.717) is 23.8 Å². The fraction of sp³-hybridized carbons (Fsp3) is 0.389. The number of thioether (sulfide) groups is 1. The summed E-state index contributed by atoms with van der Waals surface area (Å²) in [6.07, 6.45) is 0.228. The van der Waals surface area contributed by atoms with Gasteiger partial charge in [-0.05, 0) is 34.1 Å². The Morgan fingerprint density at radius 2 is 1.88 bits per heavy atom. The van der Waals surface area contributed by atoms with E-state index < -0.39 is 0 Å². The minimum absolute atomic E-state index is 0.0463. The topological polar surface area (TPSA) is 56.8 Å². The number of carbonyl (C=O) groups is 1. The van der Waals surface area contributed by atoms with Gasteiger partial charge in [-0.15, -0.1) is 11.3 Å². The van der Waals surface area contributed by atoms with Gasteiger partial charge < -0.3 is 19.5 Å². The van der Waals surface area contributed by atoms with Gasteiger partial charge in [-0.25, -0.2) is 0 Å². The van der Waals surface area contributed by atoms with Crippen molar-refractivity contribution in [3.63, 3.8) is 0 Å². The maximum Gasteiger partial charge on any atom is 0.224 e. The van der Waals surface area contributed by atoms with Crippen molar-refractivity contribution in [3.8, 4) is 17.2 Å². The van der Waals surface area contributed by atoms with E-state index in [9.17, 15) is 4.79 Å². The van der Waals surface area contributed by atoms with E-state index in [0.717, 1.165) is 20.9 Å². The average Bonchev–Trinajstić information content (AvgIpc) is 3.06. The molecule has 8 heteroatoms. The van der Waals surface area contributed by atoms with Crippen LogP contribution < -0.4 is 19.5 Å². The van der Waals surface area contributed by atoms with Crippen molar-refractivity contribution in [2.75, 3.05) is 33.6 Å². The van der Waals surface area contributed by atoms with Crippen LogP contribution in [-0.4, -0.2) is 39.5 Å². The van der Waals surface area contributed by atoms with Crippen LogP contribution in [0.1, 0.15) is 10.4 Å². The van der Waals surface area contributed by atoms with Crippen LogP contribution in [0.4, 0.5) is 0 Å². The molecule has 0 bridgehead atoms. The molecule has 0 saturated carbocycles. The normalized spacial score (nSPS) is 10.5. The number of methoxy groups -OCH3 is 3. The Hall–Kier alpha value is -1.38. The van der Waals surface area contributed by atoms with Crippen molar-refractivity contribution in [2.24, 2.45) is 0 Å². The Morgan fingerprint density at radius 3 is 2.50 bits per heavy atom. The number of halogens is 1. The fourth-order valence-corrected chi connectivity index (χ4v) is 4.85. The van der Waals surface area contributed by atoms with Crippen LogP contribution in [0.25, 0.3) is 0 Å². The van der Waals surface area contributed by atoms with Crippen LogP contribution in [0.15, 0.2) is 28.1 Å². The van der Waals surface area contributed by atoms with Gasteiger partial charge in [0.05, 0.1) is 31.5 Å². The minimum atomic E-state index is -0.0463. The third-order valence-electron chi connectivity index (χ3n) is 3.58. The Balaban J connectivity index is 1.82. The summed E-state index contributed by atoms with van der Waals surface area (Å²) >= 11 is 7.00. The second-order valence-electron chi connectivity index (χ2n) is 5.28.